The second kappa shape index (κ2) is 6.36. The van der Waals surface area contributed by atoms with Crippen molar-refractivity contribution in [3.63, 3.8) is 0 Å². The van der Waals surface area contributed by atoms with Crippen molar-refractivity contribution in [2.75, 3.05) is 6.54 Å². The average molecular weight is 417 g/mol. The quantitative estimate of drug-likeness (QED) is 0.629. The maximum Gasteiger partial charge on any atom is 0.268 e. The molecule has 1 amide bonds. The van der Waals surface area contributed by atoms with E-state index in [1.807, 2.05) is 6.07 Å². The molecule has 0 radical (unpaired) electrons. The summed E-state index contributed by atoms with van der Waals surface area (Å²) in [5, 5.41) is 1.28. The second-order valence-corrected chi connectivity index (χ2v) is 10.1. The number of aromatic nitrogens is 1. The first-order valence-corrected chi connectivity index (χ1v) is 10.8. The van der Waals surface area contributed by atoms with Crippen molar-refractivity contribution in [2.45, 2.75) is 37.6 Å². The Kier molecular flexibility index (Phi) is 4.32. The summed E-state index contributed by atoms with van der Waals surface area (Å²) < 4.78 is 27.9. The zero-order valence-electron chi connectivity index (χ0n) is 15.9. The minimum atomic E-state index is -3.79. The Morgan fingerprint density at radius 2 is 1.86 bits per heavy atom. The molecule has 0 aliphatic carbocycles. The fraction of sp³-hybridized carbons (Fsp3) is 0.286. The number of rotatable bonds is 2. The van der Waals surface area contributed by atoms with Crippen LogP contribution in [0.25, 0.3) is 10.9 Å². The maximum absolute atomic E-state index is 13.3. The van der Waals surface area contributed by atoms with E-state index in [-0.39, 0.29) is 16.2 Å². The summed E-state index contributed by atoms with van der Waals surface area (Å²) in [5.74, 6) is -0.0157. The normalized spacial score (nSPS) is 16.2. The molecule has 1 aliphatic rings. The van der Waals surface area contributed by atoms with E-state index in [1.54, 1.807) is 47.5 Å². The van der Waals surface area contributed by atoms with Gasteiger partial charge in [0.2, 0.25) is 5.91 Å². The summed E-state index contributed by atoms with van der Waals surface area (Å²) in [6, 6.07) is 12.1. The Balaban J connectivity index is 1.85. The SMILES string of the molecule is CC(=O)N1Cc2cc(S(=O)(=O)n3ccc4ccc(Cl)cc43)ccc2C(C)(C)C1. The molecule has 7 heteroatoms. The minimum Gasteiger partial charge on any atom is -0.338 e. The third-order valence-corrected chi connectivity index (χ3v) is 7.30. The van der Waals surface area contributed by atoms with E-state index in [0.717, 1.165) is 16.5 Å². The Morgan fingerprint density at radius 1 is 1.11 bits per heavy atom. The summed E-state index contributed by atoms with van der Waals surface area (Å²) in [6.45, 7) is 6.70. The molecule has 0 saturated carbocycles. The van der Waals surface area contributed by atoms with E-state index in [0.29, 0.717) is 23.6 Å². The summed E-state index contributed by atoms with van der Waals surface area (Å²) in [7, 11) is -3.79. The highest BCUT2D eigenvalue weighted by molar-refractivity contribution is 7.90. The molecule has 0 N–H and O–H groups in total. The van der Waals surface area contributed by atoms with Gasteiger partial charge in [-0.1, -0.05) is 37.6 Å². The molecule has 0 spiro atoms. The summed E-state index contributed by atoms with van der Waals surface area (Å²) in [6.07, 6.45) is 1.54. The van der Waals surface area contributed by atoms with Crippen LogP contribution in [0, 0.1) is 0 Å². The molecule has 1 aliphatic heterocycles. The van der Waals surface area contributed by atoms with Crippen molar-refractivity contribution >= 4 is 38.4 Å². The van der Waals surface area contributed by atoms with Crippen LogP contribution in [0.1, 0.15) is 31.9 Å². The van der Waals surface area contributed by atoms with E-state index >= 15 is 0 Å². The van der Waals surface area contributed by atoms with Crippen LogP contribution in [-0.4, -0.2) is 29.7 Å². The van der Waals surface area contributed by atoms with E-state index in [1.165, 1.54) is 10.9 Å². The number of carbonyl (C=O) groups excluding carboxylic acids is 1. The number of hydrogen-bond donors (Lipinski definition) is 0. The minimum absolute atomic E-state index is 0.0157. The van der Waals surface area contributed by atoms with E-state index in [2.05, 4.69) is 13.8 Å². The lowest BCUT2D eigenvalue weighted by molar-refractivity contribution is -0.130. The summed E-state index contributed by atoms with van der Waals surface area (Å²) in [4.78, 5) is 13.9. The molecule has 0 fully saturated rings. The Hall–Kier alpha value is -2.31. The van der Waals surface area contributed by atoms with Gasteiger partial charge in [-0.15, -0.1) is 0 Å². The fourth-order valence-electron chi connectivity index (χ4n) is 3.97. The van der Waals surface area contributed by atoms with Crippen LogP contribution in [0.15, 0.2) is 53.6 Å². The molecule has 0 unspecified atom stereocenters. The molecule has 28 heavy (non-hydrogen) atoms. The van der Waals surface area contributed by atoms with Gasteiger partial charge in [-0.2, -0.15) is 0 Å². The van der Waals surface area contributed by atoms with Gasteiger partial charge in [0.25, 0.3) is 10.0 Å². The van der Waals surface area contributed by atoms with Crippen molar-refractivity contribution in [1.82, 2.24) is 8.87 Å². The lowest BCUT2D eigenvalue weighted by atomic mass is 9.78. The third kappa shape index (κ3) is 3.01. The number of fused-ring (bicyclic) bond motifs is 2. The number of nitrogens with zero attached hydrogens (tertiary/aromatic N) is 2. The lowest BCUT2D eigenvalue weighted by Gasteiger charge is -2.39. The first-order valence-electron chi connectivity index (χ1n) is 9.01. The van der Waals surface area contributed by atoms with Crippen LogP contribution in [0.3, 0.4) is 0 Å². The number of halogens is 1. The molecule has 3 aromatic rings. The fourth-order valence-corrected chi connectivity index (χ4v) is 5.53. The molecule has 2 aromatic carbocycles. The first kappa shape index (κ1) is 19.0. The van der Waals surface area contributed by atoms with Crippen molar-refractivity contribution in [2.24, 2.45) is 0 Å². The number of carbonyl (C=O) groups is 1. The van der Waals surface area contributed by atoms with Gasteiger partial charge in [-0.3, -0.25) is 4.79 Å². The number of benzene rings is 2. The topological polar surface area (TPSA) is 59.4 Å². The van der Waals surface area contributed by atoms with Crippen molar-refractivity contribution in [1.29, 1.82) is 0 Å². The monoisotopic (exact) mass is 416 g/mol. The zero-order chi connectivity index (χ0) is 20.3. The molecular formula is C21H21ClN2O3S. The average Bonchev–Trinajstić information content (AvgIpc) is 3.04. The summed E-state index contributed by atoms with van der Waals surface area (Å²) >= 11 is 6.07. The molecule has 2 heterocycles. The maximum atomic E-state index is 13.3. The molecule has 0 saturated heterocycles. The van der Waals surface area contributed by atoms with Crippen LogP contribution in [-0.2, 0) is 26.8 Å². The van der Waals surface area contributed by atoms with Crippen LogP contribution < -0.4 is 0 Å². The molecule has 0 atom stereocenters. The van der Waals surface area contributed by atoms with Gasteiger partial charge in [0.1, 0.15) is 0 Å². The summed E-state index contributed by atoms with van der Waals surface area (Å²) in [5.41, 5.74) is 2.23. The van der Waals surface area contributed by atoms with Crippen molar-refractivity contribution < 1.29 is 13.2 Å². The largest absolute Gasteiger partial charge is 0.338 e. The van der Waals surface area contributed by atoms with E-state index < -0.39 is 10.0 Å². The highest BCUT2D eigenvalue weighted by Gasteiger charge is 2.34. The van der Waals surface area contributed by atoms with Gasteiger partial charge < -0.3 is 4.90 Å². The van der Waals surface area contributed by atoms with E-state index in [4.69, 9.17) is 11.6 Å². The smallest absolute Gasteiger partial charge is 0.268 e. The molecule has 1 aromatic heterocycles. The van der Waals surface area contributed by atoms with Crippen molar-refractivity contribution in [3.8, 4) is 0 Å². The molecule has 146 valence electrons. The highest BCUT2D eigenvalue weighted by Crippen LogP contribution is 2.35. The molecule has 4 rings (SSSR count). The van der Waals surface area contributed by atoms with Gasteiger partial charge in [0, 0.05) is 42.0 Å². The van der Waals surface area contributed by atoms with Crippen LogP contribution in [0.2, 0.25) is 5.02 Å². The lowest BCUT2D eigenvalue weighted by Crippen LogP contribution is -2.44. The number of hydrogen-bond acceptors (Lipinski definition) is 3. The Morgan fingerprint density at radius 3 is 2.57 bits per heavy atom. The second-order valence-electron chi connectivity index (χ2n) is 7.90. The van der Waals surface area contributed by atoms with Crippen molar-refractivity contribution in [3.05, 3.63) is 64.8 Å². The Bertz CT molecular complexity index is 1210. The predicted octanol–water partition coefficient (Wildman–Crippen LogP) is 4.17. The Labute approximate surface area is 169 Å². The molecular weight excluding hydrogens is 396 g/mol. The standard InChI is InChI=1S/C21H21ClN2O3S/c1-14(25)23-12-16-10-18(6-7-19(16)21(2,3)13-23)28(26,27)24-9-8-15-4-5-17(22)11-20(15)24/h4-11H,12-13H2,1-3H3. The molecule has 5 nitrogen and oxygen atoms in total. The van der Waals surface area contributed by atoms with Crippen LogP contribution >= 0.6 is 11.6 Å². The zero-order valence-corrected chi connectivity index (χ0v) is 17.5. The van der Waals surface area contributed by atoms with Crippen LogP contribution in [0.5, 0.6) is 0 Å². The predicted molar refractivity (Wildman–Crippen MR) is 110 cm³/mol. The van der Waals surface area contributed by atoms with Gasteiger partial charge in [0.05, 0.1) is 10.4 Å². The third-order valence-electron chi connectivity index (χ3n) is 5.37. The van der Waals surface area contributed by atoms with Gasteiger partial charge in [-0.25, -0.2) is 12.4 Å². The highest BCUT2D eigenvalue weighted by atomic mass is 35.5. The van der Waals surface area contributed by atoms with Gasteiger partial charge in [-0.05, 0) is 41.5 Å². The first-order chi connectivity index (χ1) is 13.1. The van der Waals surface area contributed by atoms with Gasteiger partial charge in [0.15, 0.2) is 0 Å². The van der Waals surface area contributed by atoms with Gasteiger partial charge >= 0.3 is 0 Å². The number of amides is 1. The van der Waals surface area contributed by atoms with E-state index in [9.17, 15) is 13.2 Å². The van der Waals surface area contributed by atoms with Crippen LogP contribution in [0.4, 0.5) is 0 Å². The molecule has 0 bridgehead atoms.